The quantitative estimate of drug-likeness (QED) is 0.483. The first kappa shape index (κ1) is 20.4. The van der Waals surface area contributed by atoms with E-state index in [0.717, 1.165) is 24.3 Å². The topological polar surface area (TPSA) is 48.0 Å². The molecule has 0 aliphatic heterocycles. The number of Topliss-reactive ketones (excluding diaryl/α,β-unsaturated/α-hetero) is 1. The van der Waals surface area contributed by atoms with Gasteiger partial charge in [0.2, 0.25) is 5.75 Å². The second-order valence-electron chi connectivity index (χ2n) is 5.91. The van der Waals surface area contributed by atoms with E-state index in [9.17, 15) is 4.79 Å². The van der Waals surface area contributed by atoms with E-state index in [1.54, 1.807) is 12.1 Å². The van der Waals surface area contributed by atoms with Crippen LogP contribution in [0.15, 0.2) is 43.0 Å². The first-order valence-corrected chi connectivity index (χ1v) is 8.90. The molecule has 0 aliphatic carbocycles. The third-order valence-corrected chi connectivity index (χ3v) is 4.57. The van der Waals surface area contributed by atoms with E-state index >= 15 is 0 Å². The van der Waals surface area contributed by atoms with Gasteiger partial charge in [-0.05, 0) is 43.7 Å². The molecule has 2 aromatic rings. The zero-order valence-electron chi connectivity index (χ0n) is 16.7. The number of allylic oxidation sites excluding steroid dienone is 1. The number of ketones is 1. The Kier molecular flexibility index (Phi) is 6.88. The van der Waals surface area contributed by atoms with Gasteiger partial charge in [0.05, 0.1) is 26.9 Å². The van der Waals surface area contributed by atoms with Crippen LogP contribution >= 0.6 is 0 Å². The molecule has 0 radical (unpaired) electrons. The van der Waals surface area contributed by atoms with Gasteiger partial charge in [0.25, 0.3) is 0 Å². The van der Waals surface area contributed by atoms with E-state index in [1.807, 2.05) is 24.3 Å². The monoisotopic (exact) mass is 369 g/mol. The number of methoxy groups -OCH3 is 3. The van der Waals surface area contributed by atoms with Crippen LogP contribution in [0.2, 0.25) is 0 Å². The molecule has 0 fully saturated rings. The van der Waals surface area contributed by atoms with Crippen molar-refractivity contribution in [1.29, 1.82) is 0 Å². The lowest BCUT2D eigenvalue weighted by molar-refractivity contribution is 0.105. The number of nitrogens with zero attached hydrogens (tertiary/aromatic N) is 1. The van der Waals surface area contributed by atoms with E-state index in [0.29, 0.717) is 28.4 Å². The Labute approximate surface area is 161 Å². The molecule has 0 bridgehead atoms. The molecule has 2 rings (SSSR count). The second-order valence-corrected chi connectivity index (χ2v) is 5.91. The van der Waals surface area contributed by atoms with Crippen molar-refractivity contribution in [2.45, 2.75) is 13.8 Å². The molecule has 0 heterocycles. The van der Waals surface area contributed by atoms with Gasteiger partial charge in [-0.15, -0.1) is 0 Å². The van der Waals surface area contributed by atoms with E-state index in [1.165, 1.54) is 21.3 Å². The molecule has 27 heavy (non-hydrogen) atoms. The lowest BCUT2D eigenvalue weighted by Gasteiger charge is -2.21. The molecule has 0 saturated heterocycles. The minimum Gasteiger partial charge on any atom is -0.493 e. The third kappa shape index (κ3) is 4.08. The minimum absolute atomic E-state index is 0.219. The van der Waals surface area contributed by atoms with Crippen LogP contribution in [0.25, 0.3) is 5.57 Å². The molecule has 0 amide bonds. The summed E-state index contributed by atoms with van der Waals surface area (Å²) >= 11 is 0. The van der Waals surface area contributed by atoms with Gasteiger partial charge in [-0.25, -0.2) is 0 Å². The molecule has 0 aromatic heterocycles. The predicted octanol–water partition coefficient (Wildman–Crippen LogP) is 4.45. The van der Waals surface area contributed by atoms with Crippen LogP contribution in [-0.2, 0) is 0 Å². The van der Waals surface area contributed by atoms with Gasteiger partial charge in [0.15, 0.2) is 17.3 Å². The summed E-state index contributed by atoms with van der Waals surface area (Å²) in [5.41, 5.74) is 2.67. The summed E-state index contributed by atoms with van der Waals surface area (Å²) in [7, 11) is 4.54. The molecular formula is C22H27NO4. The fraction of sp³-hybridized carbons (Fsp3) is 0.318. The van der Waals surface area contributed by atoms with Crippen molar-refractivity contribution >= 4 is 17.0 Å². The van der Waals surface area contributed by atoms with E-state index < -0.39 is 0 Å². The summed E-state index contributed by atoms with van der Waals surface area (Å²) < 4.78 is 16.1. The Bertz CT molecular complexity index is 808. The van der Waals surface area contributed by atoms with Crippen LogP contribution in [0.5, 0.6) is 17.2 Å². The number of carbonyl (C=O) groups is 1. The minimum atomic E-state index is -0.219. The lowest BCUT2D eigenvalue weighted by Crippen LogP contribution is -2.21. The number of ether oxygens (including phenoxy) is 3. The van der Waals surface area contributed by atoms with Crippen molar-refractivity contribution < 1.29 is 19.0 Å². The molecular weight excluding hydrogens is 342 g/mol. The van der Waals surface area contributed by atoms with Crippen LogP contribution < -0.4 is 19.1 Å². The van der Waals surface area contributed by atoms with Crippen molar-refractivity contribution in [3.05, 3.63) is 54.1 Å². The summed E-state index contributed by atoms with van der Waals surface area (Å²) in [6.45, 7) is 10.1. The Morgan fingerprint density at radius 2 is 1.48 bits per heavy atom. The summed E-state index contributed by atoms with van der Waals surface area (Å²) in [6.07, 6.45) is 0. The van der Waals surface area contributed by atoms with Crippen LogP contribution in [-0.4, -0.2) is 40.2 Å². The number of carbonyl (C=O) groups excluding carboxylic acids is 1. The highest BCUT2D eigenvalue weighted by Crippen LogP contribution is 2.41. The summed E-state index contributed by atoms with van der Waals surface area (Å²) in [5, 5.41) is 0. The van der Waals surface area contributed by atoms with Crippen molar-refractivity contribution in [2.75, 3.05) is 39.3 Å². The SMILES string of the molecule is C=C(C(=O)c1ccc(OC)c(OC)c1OC)c1ccc(N(CC)CC)cc1. The summed E-state index contributed by atoms with van der Waals surface area (Å²) in [5.74, 6) is 1.00. The van der Waals surface area contributed by atoms with Gasteiger partial charge in [0.1, 0.15) is 0 Å². The predicted molar refractivity (Wildman–Crippen MR) is 109 cm³/mol. The second kappa shape index (κ2) is 9.12. The third-order valence-electron chi connectivity index (χ3n) is 4.57. The molecule has 0 spiro atoms. The van der Waals surface area contributed by atoms with E-state index in [4.69, 9.17) is 14.2 Å². The largest absolute Gasteiger partial charge is 0.493 e. The molecule has 144 valence electrons. The maximum Gasteiger partial charge on any atom is 0.204 e. The van der Waals surface area contributed by atoms with Crippen LogP contribution in [0.4, 0.5) is 5.69 Å². The lowest BCUT2D eigenvalue weighted by atomic mass is 9.97. The van der Waals surface area contributed by atoms with Crippen LogP contribution in [0.3, 0.4) is 0 Å². The fourth-order valence-electron chi connectivity index (χ4n) is 3.04. The Morgan fingerprint density at radius 1 is 0.889 bits per heavy atom. The fourth-order valence-corrected chi connectivity index (χ4v) is 3.04. The highest BCUT2D eigenvalue weighted by Gasteiger charge is 2.23. The number of hydrogen-bond donors (Lipinski definition) is 0. The maximum absolute atomic E-state index is 13.0. The summed E-state index contributed by atoms with van der Waals surface area (Å²) in [4.78, 5) is 15.3. The van der Waals surface area contributed by atoms with E-state index in [2.05, 4.69) is 25.3 Å². The van der Waals surface area contributed by atoms with Crippen molar-refractivity contribution in [1.82, 2.24) is 0 Å². The normalized spacial score (nSPS) is 10.3. The molecule has 5 heteroatoms. The number of anilines is 1. The van der Waals surface area contributed by atoms with Crippen LogP contribution in [0, 0.1) is 0 Å². The van der Waals surface area contributed by atoms with Gasteiger partial charge in [-0.3, -0.25) is 4.79 Å². The first-order valence-electron chi connectivity index (χ1n) is 8.90. The molecule has 2 aromatic carbocycles. The summed E-state index contributed by atoms with van der Waals surface area (Å²) in [6, 6.07) is 11.2. The zero-order valence-corrected chi connectivity index (χ0v) is 16.7. The molecule has 0 unspecified atom stereocenters. The average molecular weight is 369 g/mol. The van der Waals surface area contributed by atoms with Gasteiger partial charge < -0.3 is 19.1 Å². The zero-order chi connectivity index (χ0) is 20.0. The molecule has 0 saturated carbocycles. The molecule has 0 atom stereocenters. The first-order chi connectivity index (χ1) is 13.0. The smallest absolute Gasteiger partial charge is 0.204 e. The van der Waals surface area contributed by atoms with Crippen molar-refractivity contribution in [2.24, 2.45) is 0 Å². The molecule has 5 nitrogen and oxygen atoms in total. The number of hydrogen-bond acceptors (Lipinski definition) is 5. The maximum atomic E-state index is 13.0. The Balaban J connectivity index is 2.36. The van der Waals surface area contributed by atoms with Crippen molar-refractivity contribution in [3.8, 4) is 17.2 Å². The average Bonchev–Trinajstić information content (AvgIpc) is 2.72. The molecule has 0 aliphatic rings. The van der Waals surface area contributed by atoms with Gasteiger partial charge in [-0.1, -0.05) is 18.7 Å². The number of benzene rings is 2. The van der Waals surface area contributed by atoms with Crippen LogP contribution in [0.1, 0.15) is 29.8 Å². The Hall–Kier alpha value is -2.95. The van der Waals surface area contributed by atoms with Gasteiger partial charge in [0, 0.05) is 24.4 Å². The standard InChI is InChI=1S/C22H27NO4/c1-7-23(8-2)17-11-9-16(10-12-17)15(3)20(24)18-13-14-19(25-4)22(27-6)21(18)26-5/h9-14H,3,7-8H2,1-2,4-6H3. The van der Waals surface area contributed by atoms with Gasteiger partial charge >= 0.3 is 0 Å². The highest BCUT2D eigenvalue weighted by molar-refractivity contribution is 6.29. The Morgan fingerprint density at radius 3 is 1.96 bits per heavy atom. The number of rotatable bonds is 9. The van der Waals surface area contributed by atoms with Gasteiger partial charge in [-0.2, -0.15) is 0 Å². The van der Waals surface area contributed by atoms with E-state index in [-0.39, 0.29) is 5.78 Å². The van der Waals surface area contributed by atoms with Crippen molar-refractivity contribution in [3.63, 3.8) is 0 Å². The molecule has 0 N–H and O–H groups in total. The highest BCUT2D eigenvalue weighted by atomic mass is 16.5.